The number of likely N-dealkylation sites (tertiary alicyclic amines) is 1. The molecule has 1 aliphatic heterocycles. The summed E-state index contributed by atoms with van der Waals surface area (Å²) in [7, 11) is 2.06. The van der Waals surface area contributed by atoms with Crippen LogP contribution in [0.2, 0.25) is 0 Å². The van der Waals surface area contributed by atoms with Crippen LogP contribution in [0.15, 0.2) is 0 Å². The number of nitrogens with zero attached hydrogens (tertiary/aromatic N) is 1. The van der Waals surface area contributed by atoms with Crippen molar-refractivity contribution in [3.63, 3.8) is 0 Å². The molecule has 0 saturated carbocycles. The van der Waals surface area contributed by atoms with Crippen LogP contribution in [0.25, 0.3) is 0 Å². The first-order valence-corrected chi connectivity index (χ1v) is 5.03. The molecule has 3 heteroatoms. The highest BCUT2D eigenvalue weighted by molar-refractivity contribution is 5.74. The second-order valence-corrected chi connectivity index (χ2v) is 4.10. The maximum atomic E-state index is 11.1. The summed E-state index contributed by atoms with van der Waals surface area (Å²) >= 11 is 0. The van der Waals surface area contributed by atoms with E-state index >= 15 is 0 Å². The van der Waals surface area contributed by atoms with Crippen LogP contribution in [0.5, 0.6) is 0 Å². The third-order valence-electron chi connectivity index (χ3n) is 3.30. The van der Waals surface area contributed by atoms with Gasteiger partial charge in [-0.25, -0.2) is 0 Å². The van der Waals surface area contributed by atoms with Crippen LogP contribution in [-0.4, -0.2) is 36.1 Å². The van der Waals surface area contributed by atoms with Crippen LogP contribution in [0, 0.1) is 5.41 Å². The van der Waals surface area contributed by atoms with Crippen LogP contribution in [0.3, 0.4) is 0 Å². The van der Waals surface area contributed by atoms with Gasteiger partial charge >= 0.3 is 5.97 Å². The molecule has 1 N–H and O–H groups in total. The Morgan fingerprint density at radius 1 is 1.46 bits per heavy atom. The molecule has 0 spiro atoms. The minimum atomic E-state index is -0.606. The van der Waals surface area contributed by atoms with E-state index in [1.807, 2.05) is 6.92 Å². The van der Waals surface area contributed by atoms with Crippen molar-refractivity contribution >= 4 is 5.97 Å². The maximum Gasteiger partial charge on any atom is 0.309 e. The van der Waals surface area contributed by atoms with Gasteiger partial charge in [0, 0.05) is 0 Å². The van der Waals surface area contributed by atoms with Gasteiger partial charge in [0.05, 0.1) is 5.41 Å². The number of carboxylic acids is 1. The first-order valence-electron chi connectivity index (χ1n) is 5.03. The van der Waals surface area contributed by atoms with Gasteiger partial charge in [0.15, 0.2) is 0 Å². The van der Waals surface area contributed by atoms with E-state index in [1.165, 1.54) is 0 Å². The van der Waals surface area contributed by atoms with E-state index in [1.54, 1.807) is 0 Å². The third-order valence-corrected chi connectivity index (χ3v) is 3.30. The molecule has 0 bridgehead atoms. The summed E-state index contributed by atoms with van der Waals surface area (Å²) in [6.45, 7) is 3.94. The highest BCUT2D eigenvalue weighted by Gasteiger charge is 2.37. The van der Waals surface area contributed by atoms with E-state index in [0.29, 0.717) is 0 Å². The molecule has 1 atom stereocenters. The second kappa shape index (κ2) is 4.09. The van der Waals surface area contributed by atoms with Gasteiger partial charge in [-0.2, -0.15) is 0 Å². The average molecular weight is 185 g/mol. The molecule has 1 heterocycles. The zero-order chi connectivity index (χ0) is 9.90. The van der Waals surface area contributed by atoms with Gasteiger partial charge in [0.1, 0.15) is 0 Å². The van der Waals surface area contributed by atoms with Gasteiger partial charge < -0.3 is 10.0 Å². The van der Waals surface area contributed by atoms with Crippen LogP contribution >= 0.6 is 0 Å². The van der Waals surface area contributed by atoms with Crippen molar-refractivity contribution in [1.82, 2.24) is 4.90 Å². The molecule has 1 saturated heterocycles. The fourth-order valence-electron chi connectivity index (χ4n) is 2.05. The first kappa shape index (κ1) is 10.5. The minimum absolute atomic E-state index is 0.440. The summed E-state index contributed by atoms with van der Waals surface area (Å²) in [6.07, 6.45) is 3.41. The molecule has 1 rings (SSSR count). The molecule has 0 aromatic rings. The predicted molar refractivity (Wildman–Crippen MR) is 51.7 cm³/mol. The summed E-state index contributed by atoms with van der Waals surface area (Å²) in [5.41, 5.74) is -0.440. The van der Waals surface area contributed by atoms with Crippen molar-refractivity contribution in [3.8, 4) is 0 Å². The summed E-state index contributed by atoms with van der Waals surface area (Å²) in [6, 6.07) is 0. The Labute approximate surface area is 79.7 Å². The lowest BCUT2D eigenvalue weighted by Crippen LogP contribution is -2.31. The van der Waals surface area contributed by atoms with Crippen LogP contribution in [-0.2, 0) is 4.79 Å². The number of carbonyl (C=O) groups is 1. The number of aliphatic carboxylic acids is 1. The lowest BCUT2D eigenvalue weighted by molar-refractivity contribution is -0.150. The molecule has 0 aromatic carbocycles. The van der Waals surface area contributed by atoms with E-state index in [-0.39, 0.29) is 0 Å². The predicted octanol–water partition coefficient (Wildman–Crippen LogP) is 1.58. The van der Waals surface area contributed by atoms with Gasteiger partial charge in [-0.1, -0.05) is 6.92 Å². The fourth-order valence-corrected chi connectivity index (χ4v) is 2.05. The zero-order valence-corrected chi connectivity index (χ0v) is 8.55. The largest absolute Gasteiger partial charge is 0.481 e. The van der Waals surface area contributed by atoms with Crippen LogP contribution < -0.4 is 0 Å². The molecule has 0 amide bonds. The molecular weight excluding hydrogens is 166 g/mol. The highest BCUT2D eigenvalue weighted by atomic mass is 16.4. The second-order valence-electron chi connectivity index (χ2n) is 4.10. The smallest absolute Gasteiger partial charge is 0.309 e. The molecule has 3 nitrogen and oxygen atoms in total. The normalized spacial score (nSPS) is 31.2. The Balaban J connectivity index is 2.69. The molecule has 13 heavy (non-hydrogen) atoms. The summed E-state index contributed by atoms with van der Waals surface area (Å²) in [5.74, 6) is -0.606. The van der Waals surface area contributed by atoms with E-state index in [0.717, 1.165) is 38.8 Å². The van der Waals surface area contributed by atoms with Crippen molar-refractivity contribution in [2.24, 2.45) is 5.41 Å². The number of rotatable bonds is 2. The van der Waals surface area contributed by atoms with Crippen molar-refractivity contribution in [2.45, 2.75) is 32.6 Å². The highest BCUT2D eigenvalue weighted by Crippen LogP contribution is 2.34. The topological polar surface area (TPSA) is 40.5 Å². The van der Waals surface area contributed by atoms with E-state index in [4.69, 9.17) is 0 Å². The van der Waals surface area contributed by atoms with Crippen LogP contribution in [0.1, 0.15) is 32.6 Å². The Kier molecular flexibility index (Phi) is 3.31. The van der Waals surface area contributed by atoms with E-state index in [2.05, 4.69) is 11.9 Å². The van der Waals surface area contributed by atoms with Crippen molar-refractivity contribution in [2.75, 3.05) is 20.1 Å². The standard InChI is InChI=1S/C10H19NO2/c1-3-10(9(12)13)5-4-7-11(2)8-6-10/h3-8H2,1-2H3,(H,12,13). The van der Waals surface area contributed by atoms with Gasteiger partial charge in [-0.3, -0.25) is 4.79 Å². The Morgan fingerprint density at radius 2 is 2.15 bits per heavy atom. The molecule has 1 unspecified atom stereocenters. The quantitative estimate of drug-likeness (QED) is 0.710. The molecule has 1 aliphatic rings. The number of hydrogen-bond acceptors (Lipinski definition) is 2. The molecule has 0 aliphatic carbocycles. The minimum Gasteiger partial charge on any atom is -0.481 e. The summed E-state index contributed by atoms with van der Waals surface area (Å²) < 4.78 is 0. The first-order chi connectivity index (χ1) is 6.10. The molecule has 0 radical (unpaired) electrons. The molecule has 0 aromatic heterocycles. The van der Waals surface area contributed by atoms with Gasteiger partial charge in [0.2, 0.25) is 0 Å². The lowest BCUT2D eigenvalue weighted by atomic mass is 9.78. The Hall–Kier alpha value is -0.570. The number of hydrogen-bond donors (Lipinski definition) is 1. The average Bonchev–Trinajstić information content (AvgIpc) is 2.28. The fraction of sp³-hybridized carbons (Fsp3) is 0.900. The van der Waals surface area contributed by atoms with Crippen molar-refractivity contribution in [3.05, 3.63) is 0 Å². The summed E-state index contributed by atoms with van der Waals surface area (Å²) in [5, 5.41) is 9.18. The Bertz CT molecular complexity index is 193. The van der Waals surface area contributed by atoms with Gasteiger partial charge in [0.25, 0.3) is 0 Å². The molecule has 76 valence electrons. The SMILES string of the molecule is CCC1(C(=O)O)CCCN(C)CC1. The van der Waals surface area contributed by atoms with Crippen LogP contribution in [0.4, 0.5) is 0 Å². The van der Waals surface area contributed by atoms with E-state index in [9.17, 15) is 9.90 Å². The Morgan fingerprint density at radius 3 is 2.69 bits per heavy atom. The third kappa shape index (κ3) is 2.21. The van der Waals surface area contributed by atoms with E-state index < -0.39 is 11.4 Å². The van der Waals surface area contributed by atoms with Crippen molar-refractivity contribution in [1.29, 1.82) is 0 Å². The molecule has 1 fully saturated rings. The lowest BCUT2D eigenvalue weighted by Gasteiger charge is -2.26. The van der Waals surface area contributed by atoms with Gasteiger partial charge in [-0.15, -0.1) is 0 Å². The number of carboxylic acid groups (broad SMARTS) is 1. The maximum absolute atomic E-state index is 11.1. The monoisotopic (exact) mass is 185 g/mol. The van der Waals surface area contributed by atoms with Gasteiger partial charge in [-0.05, 0) is 45.8 Å². The van der Waals surface area contributed by atoms with Crippen molar-refractivity contribution < 1.29 is 9.90 Å². The molecular formula is C10H19NO2. The summed E-state index contributed by atoms with van der Waals surface area (Å²) in [4.78, 5) is 13.4. The zero-order valence-electron chi connectivity index (χ0n) is 8.55.